The summed E-state index contributed by atoms with van der Waals surface area (Å²) in [5.74, 6) is 0. The third kappa shape index (κ3) is 4.68. The van der Waals surface area contributed by atoms with Gasteiger partial charge >= 0.3 is 0 Å². The molecule has 1 aromatic rings. The summed E-state index contributed by atoms with van der Waals surface area (Å²) in [4.78, 5) is 9.33. The molecule has 12 heavy (non-hydrogen) atoms. The molecule has 0 N–H and O–H groups in total. The van der Waals surface area contributed by atoms with Crippen molar-refractivity contribution in [3.63, 3.8) is 0 Å². The Bertz CT molecular complexity index is 222. The Balaban J connectivity index is 0.000000217. The maximum Gasteiger partial charge on any atom is 0.174 e. The molecule has 66 valence electrons. The molecule has 3 nitrogen and oxygen atoms in total. The zero-order valence-electron chi connectivity index (χ0n) is 6.79. The Labute approximate surface area is 76.0 Å². The number of allylic oxidation sites excluding steroid dienone is 1. The fraction of sp³-hybridized carbons (Fsp3) is 0.250. The van der Waals surface area contributed by atoms with Crippen molar-refractivity contribution in [3.05, 3.63) is 29.6 Å². The Kier molecular flexibility index (Phi) is 6.01. The lowest BCUT2D eigenvalue weighted by atomic mass is 10.4. The van der Waals surface area contributed by atoms with Crippen molar-refractivity contribution in [2.24, 2.45) is 0 Å². The van der Waals surface area contributed by atoms with Crippen LogP contribution < -0.4 is 0 Å². The van der Waals surface area contributed by atoms with Gasteiger partial charge in [-0.25, -0.2) is 0 Å². The second-order valence-electron chi connectivity index (χ2n) is 1.98. The Morgan fingerprint density at radius 2 is 2.50 bits per heavy atom. The lowest BCUT2D eigenvalue weighted by Crippen LogP contribution is -1.60. The topological polar surface area (TPSA) is 43.1 Å². The minimum Gasteiger partial charge on any atom is -0.363 e. The minimum atomic E-state index is 0.444. The van der Waals surface area contributed by atoms with Crippen molar-refractivity contribution in [3.8, 4) is 0 Å². The van der Waals surface area contributed by atoms with E-state index in [1.54, 1.807) is 6.08 Å². The van der Waals surface area contributed by atoms with Crippen LogP contribution in [-0.2, 0) is 4.79 Å². The second kappa shape index (κ2) is 6.61. The summed E-state index contributed by atoms with van der Waals surface area (Å²) in [6.45, 7) is 5.15. The lowest BCUT2D eigenvalue weighted by molar-refractivity contribution is -0.107. The number of aldehydes is 1. The standard InChI is InChI=1S/C4H4ClNO.C4H6O/c1-3-2-7-6-4(3)5;1-2-3-4-5/h2H,1H3;2,4H,1,3H2. The molecule has 0 aliphatic rings. The van der Waals surface area contributed by atoms with Crippen molar-refractivity contribution in [2.45, 2.75) is 13.3 Å². The van der Waals surface area contributed by atoms with Gasteiger partial charge in [0.15, 0.2) is 5.15 Å². The monoisotopic (exact) mass is 187 g/mol. The van der Waals surface area contributed by atoms with E-state index in [-0.39, 0.29) is 0 Å². The molecule has 0 saturated heterocycles. The second-order valence-corrected chi connectivity index (χ2v) is 2.34. The van der Waals surface area contributed by atoms with E-state index >= 15 is 0 Å². The Hall–Kier alpha value is -1.09. The first-order valence-corrected chi connectivity index (χ1v) is 3.71. The average Bonchev–Trinajstić information content (AvgIpc) is 2.39. The van der Waals surface area contributed by atoms with Crippen LogP contribution >= 0.6 is 11.6 Å². The van der Waals surface area contributed by atoms with Gasteiger partial charge in [0.1, 0.15) is 12.5 Å². The molecule has 0 spiro atoms. The number of carbonyl (C=O) groups excluding carboxylic acids is 1. The molecular weight excluding hydrogens is 178 g/mol. The molecule has 4 heteroatoms. The van der Waals surface area contributed by atoms with Gasteiger partial charge in [-0.2, -0.15) is 0 Å². The number of hydrogen-bond donors (Lipinski definition) is 0. The first-order chi connectivity index (χ1) is 5.72. The van der Waals surface area contributed by atoms with Crippen molar-refractivity contribution >= 4 is 17.9 Å². The van der Waals surface area contributed by atoms with Crippen LogP contribution in [-0.4, -0.2) is 11.4 Å². The fourth-order valence-corrected chi connectivity index (χ4v) is 0.425. The van der Waals surface area contributed by atoms with Crippen LogP contribution in [0.25, 0.3) is 0 Å². The molecule has 1 aromatic heterocycles. The quantitative estimate of drug-likeness (QED) is 0.528. The average molecular weight is 188 g/mol. The predicted octanol–water partition coefficient (Wildman–Crippen LogP) is 2.40. The molecule has 0 aromatic carbocycles. The molecule has 0 aliphatic heterocycles. The summed E-state index contributed by atoms with van der Waals surface area (Å²) in [6.07, 6.45) is 4.35. The van der Waals surface area contributed by atoms with E-state index in [4.69, 9.17) is 11.6 Å². The fourth-order valence-electron chi connectivity index (χ4n) is 0.340. The first-order valence-electron chi connectivity index (χ1n) is 3.33. The largest absolute Gasteiger partial charge is 0.363 e. The van der Waals surface area contributed by atoms with E-state index in [1.807, 2.05) is 6.92 Å². The molecule has 1 heterocycles. The van der Waals surface area contributed by atoms with E-state index in [9.17, 15) is 4.79 Å². The van der Waals surface area contributed by atoms with E-state index in [0.29, 0.717) is 11.6 Å². The van der Waals surface area contributed by atoms with Gasteiger partial charge in [-0.3, -0.25) is 0 Å². The van der Waals surface area contributed by atoms with Gasteiger partial charge in [-0.15, -0.1) is 6.58 Å². The van der Waals surface area contributed by atoms with Crippen LogP contribution in [0.2, 0.25) is 5.15 Å². The molecule has 0 amide bonds. The highest BCUT2D eigenvalue weighted by molar-refractivity contribution is 6.30. The molecule has 0 atom stereocenters. The number of hydrogen-bond acceptors (Lipinski definition) is 3. The Morgan fingerprint density at radius 1 is 1.83 bits per heavy atom. The van der Waals surface area contributed by atoms with Crippen LogP contribution in [0.3, 0.4) is 0 Å². The van der Waals surface area contributed by atoms with Crippen molar-refractivity contribution in [2.75, 3.05) is 0 Å². The molecule has 1 rings (SSSR count). The SMILES string of the molecule is C=CCC=O.Cc1conc1Cl. The zero-order valence-corrected chi connectivity index (χ0v) is 7.54. The summed E-state index contributed by atoms with van der Waals surface area (Å²) in [7, 11) is 0. The van der Waals surface area contributed by atoms with Gasteiger partial charge in [0.25, 0.3) is 0 Å². The van der Waals surface area contributed by atoms with E-state index in [0.717, 1.165) is 11.8 Å². The third-order valence-corrected chi connectivity index (χ3v) is 1.32. The highest BCUT2D eigenvalue weighted by Gasteiger charge is 1.93. The van der Waals surface area contributed by atoms with Gasteiger partial charge in [0.2, 0.25) is 0 Å². The molecule has 0 aliphatic carbocycles. The molecule has 0 radical (unpaired) electrons. The smallest absolute Gasteiger partial charge is 0.174 e. The van der Waals surface area contributed by atoms with Gasteiger partial charge < -0.3 is 9.32 Å². The number of halogens is 1. The summed E-state index contributed by atoms with van der Waals surface area (Å²) in [5, 5.41) is 3.85. The normalized spacial score (nSPS) is 8.17. The van der Waals surface area contributed by atoms with Crippen molar-refractivity contribution in [1.29, 1.82) is 0 Å². The number of nitrogens with zero attached hydrogens (tertiary/aromatic N) is 1. The summed E-state index contributed by atoms with van der Waals surface area (Å²) in [5.41, 5.74) is 0.877. The number of carbonyl (C=O) groups is 1. The van der Waals surface area contributed by atoms with E-state index in [2.05, 4.69) is 16.3 Å². The summed E-state index contributed by atoms with van der Waals surface area (Å²) >= 11 is 5.42. The Morgan fingerprint density at radius 3 is 2.58 bits per heavy atom. The highest BCUT2D eigenvalue weighted by Crippen LogP contribution is 2.09. The molecule has 0 unspecified atom stereocenters. The molecule has 0 saturated carbocycles. The first kappa shape index (κ1) is 10.9. The number of aryl methyl sites for hydroxylation is 1. The van der Waals surface area contributed by atoms with Gasteiger partial charge in [-0.05, 0) is 6.92 Å². The van der Waals surface area contributed by atoms with Gasteiger partial charge in [0.05, 0.1) is 0 Å². The molecule has 0 fully saturated rings. The lowest BCUT2D eigenvalue weighted by Gasteiger charge is -1.70. The number of aromatic nitrogens is 1. The van der Waals surface area contributed by atoms with Crippen LogP contribution in [0, 0.1) is 6.92 Å². The molecule has 0 bridgehead atoms. The van der Waals surface area contributed by atoms with Crippen molar-refractivity contribution in [1.82, 2.24) is 5.16 Å². The van der Waals surface area contributed by atoms with Crippen LogP contribution in [0.15, 0.2) is 23.4 Å². The zero-order chi connectivity index (χ0) is 9.40. The van der Waals surface area contributed by atoms with E-state index in [1.165, 1.54) is 6.26 Å². The van der Waals surface area contributed by atoms with Crippen LogP contribution in [0.4, 0.5) is 0 Å². The summed E-state index contributed by atoms with van der Waals surface area (Å²) in [6, 6.07) is 0. The van der Waals surface area contributed by atoms with Crippen LogP contribution in [0.1, 0.15) is 12.0 Å². The third-order valence-electron chi connectivity index (χ3n) is 0.951. The highest BCUT2D eigenvalue weighted by atomic mass is 35.5. The predicted molar refractivity (Wildman–Crippen MR) is 47.1 cm³/mol. The summed E-state index contributed by atoms with van der Waals surface area (Å²) < 4.78 is 4.46. The van der Waals surface area contributed by atoms with Gasteiger partial charge in [0, 0.05) is 12.0 Å². The van der Waals surface area contributed by atoms with Crippen LogP contribution in [0.5, 0.6) is 0 Å². The molecular formula is C8H10ClNO2. The van der Waals surface area contributed by atoms with Gasteiger partial charge in [-0.1, -0.05) is 22.8 Å². The number of rotatable bonds is 2. The maximum atomic E-state index is 9.33. The maximum absolute atomic E-state index is 9.33. The van der Waals surface area contributed by atoms with E-state index < -0.39 is 0 Å². The van der Waals surface area contributed by atoms with Crippen molar-refractivity contribution < 1.29 is 9.32 Å². The minimum absolute atomic E-state index is 0.444.